The van der Waals surface area contributed by atoms with Crippen molar-refractivity contribution >= 4 is 0 Å². The molecule has 2 saturated heterocycles. The van der Waals surface area contributed by atoms with Crippen LogP contribution >= 0.6 is 0 Å². The van der Waals surface area contributed by atoms with Gasteiger partial charge in [0.2, 0.25) is 0 Å². The van der Waals surface area contributed by atoms with Crippen LogP contribution in [0, 0.1) is 11.8 Å². The smallest absolute Gasteiger partial charge is 0.0111 e. The molecule has 0 amide bonds. The van der Waals surface area contributed by atoms with Gasteiger partial charge in [0.25, 0.3) is 0 Å². The second-order valence-electron chi connectivity index (χ2n) is 6.06. The first-order valence-electron chi connectivity index (χ1n) is 6.76. The highest BCUT2D eigenvalue weighted by atomic mass is 15.1. The van der Waals surface area contributed by atoms with Gasteiger partial charge in [-0.1, -0.05) is 6.42 Å². The maximum absolute atomic E-state index is 3.74. The Hall–Kier alpha value is -0.0800. The zero-order valence-corrected chi connectivity index (χ0v) is 9.91. The molecule has 1 saturated carbocycles. The number of fused-ring (bicyclic) bond motifs is 2. The van der Waals surface area contributed by atoms with Crippen LogP contribution in [0.25, 0.3) is 0 Å². The summed E-state index contributed by atoms with van der Waals surface area (Å²) >= 11 is 0. The third kappa shape index (κ3) is 2.07. The molecule has 0 aromatic carbocycles. The predicted molar refractivity (Wildman–Crippen MR) is 62.9 cm³/mol. The molecular formula is C13H24N2. The SMILES string of the molecule is CN(CC1CCC1)CC1CC2CCC1N2. The van der Waals surface area contributed by atoms with E-state index >= 15 is 0 Å². The highest BCUT2D eigenvalue weighted by Gasteiger charge is 2.39. The van der Waals surface area contributed by atoms with Crippen LogP contribution in [-0.4, -0.2) is 37.1 Å². The predicted octanol–water partition coefficient (Wildman–Crippen LogP) is 1.86. The Labute approximate surface area is 93.4 Å². The Morgan fingerprint density at radius 2 is 2.00 bits per heavy atom. The topological polar surface area (TPSA) is 15.3 Å². The van der Waals surface area contributed by atoms with Gasteiger partial charge < -0.3 is 10.2 Å². The third-order valence-electron chi connectivity index (χ3n) is 4.77. The van der Waals surface area contributed by atoms with Gasteiger partial charge in [0.05, 0.1) is 0 Å². The minimum Gasteiger partial charge on any atom is -0.311 e. The van der Waals surface area contributed by atoms with E-state index in [9.17, 15) is 0 Å². The van der Waals surface area contributed by atoms with Crippen LogP contribution in [0.15, 0.2) is 0 Å². The summed E-state index contributed by atoms with van der Waals surface area (Å²) in [5.74, 6) is 1.98. The Kier molecular flexibility index (Phi) is 2.73. The van der Waals surface area contributed by atoms with Crippen molar-refractivity contribution in [3.63, 3.8) is 0 Å². The average Bonchev–Trinajstić information content (AvgIpc) is 2.72. The van der Waals surface area contributed by atoms with Crippen LogP contribution in [0.2, 0.25) is 0 Å². The number of rotatable bonds is 4. The van der Waals surface area contributed by atoms with Crippen molar-refractivity contribution < 1.29 is 0 Å². The fourth-order valence-electron chi connectivity index (χ4n) is 3.73. The average molecular weight is 208 g/mol. The van der Waals surface area contributed by atoms with Crippen molar-refractivity contribution in [3.05, 3.63) is 0 Å². The van der Waals surface area contributed by atoms with E-state index in [-0.39, 0.29) is 0 Å². The molecule has 15 heavy (non-hydrogen) atoms. The van der Waals surface area contributed by atoms with E-state index in [1.165, 1.54) is 51.6 Å². The van der Waals surface area contributed by atoms with Gasteiger partial charge in [0.15, 0.2) is 0 Å². The summed E-state index contributed by atoms with van der Waals surface area (Å²) in [5, 5.41) is 3.74. The van der Waals surface area contributed by atoms with Crippen LogP contribution in [0.3, 0.4) is 0 Å². The summed E-state index contributed by atoms with van der Waals surface area (Å²) in [6.07, 6.45) is 8.77. The molecule has 2 heterocycles. The van der Waals surface area contributed by atoms with Crippen molar-refractivity contribution in [2.45, 2.75) is 50.6 Å². The summed E-state index contributed by atoms with van der Waals surface area (Å²) in [7, 11) is 2.32. The molecule has 3 fully saturated rings. The summed E-state index contributed by atoms with van der Waals surface area (Å²) < 4.78 is 0. The lowest BCUT2D eigenvalue weighted by Gasteiger charge is -2.32. The fraction of sp³-hybridized carbons (Fsp3) is 1.00. The molecule has 3 unspecified atom stereocenters. The van der Waals surface area contributed by atoms with Gasteiger partial charge in [-0.15, -0.1) is 0 Å². The minimum absolute atomic E-state index is 0.860. The van der Waals surface area contributed by atoms with Crippen molar-refractivity contribution in [1.29, 1.82) is 0 Å². The van der Waals surface area contributed by atoms with Gasteiger partial charge in [-0.05, 0) is 51.0 Å². The molecule has 2 nitrogen and oxygen atoms in total. The molecule has 3 atom stereocenters. The molecule has 3 rings (SSSR count). The Balaban J connectivity index is 1.44. The van der Waals surface area contributed by atoms with Crippen molar-refractivity contribution in [1.82, 2.24) is 10.2 Å². The van der Waals surface area contributed by atoms with Crippen LogP contribution in [0.1, 0.15) is 38.5 Å². The van der Waals surface area contributed by atoms with Gasteiger partial charge in [-0.3, -0.25) is 0 Å². The van der Waals surface area contributed by atoms with Crippen LogP contribution in [0.4, 0.5) is 0 Å². The molecule has 86 valence electrons. The molecule has 2 bridgehead atoms. The van der Waals surface area contributed by atoms with Crippen LogP contribution in [0.5, 0.6) is 0 Å². The maximum atomic E-state index is 3.74. The standard InChI is InChI=1S/C13H24N2/c1-15(8-10-3-2-4-10)9-11-7-12-5-6-13(11)14-12/h10-14H,2-9H2,1H3. The first-order valence-corrected chi connectivity index (χ1v) is 6.76. The van der Waals surface area contributed by atoms with Gasteiger partial charge in [-0.25, -0.2) is 0 Å². The summed E-state index contributed by atoms with van der Waals surface area (Å²) in [6, 6.07) is 1.73. The van der Waals surface area contributed by atoms with E-state index in [1.807, 2.05) is 0 Å². The monoisotopic (exact) mass is 208 g/mol. The first-order chi connectivity index (χ1) is 7.31. The molecule has 3 aliphatic rings. The second-order valence-corrected chi connectivity index (χ2v) is 6.06. The largest absolute Gasteiger partial charge is 0.311 e. The lowest BCUT2D eigenvalue weighted by atomic mass is 9.84. The Bertz CT molecular complexity index is 225. The zero-order valence-electron chi connectivity index (χ0n) is 9.91. The van der Waals surface area contributed by atoms with E-state index in [2.05, 4.69) is 17.3 Å². The lowest BCUT2D eigenvalue weighted by Crippen LogP contribution is -2.36. The van der Waals surface area contributed by atoms with Gasteiger partial charge in [0.1, 0.15) is 0 Å². The van der Waals surface area contributed by atoms with Gasteiger partial charge >= 0.3 is 0 Å². The molecule has 0 spiro atoms. The van der Waals surface area contributed by atoms with Gasteiger partial charge in [-0.2, -0.15) is 0 Å². The first kappa shape index (κ1) is 10.1. The molecule has 2 heteroatoms. The highest BCUT2D eigenvalue weighted by molar-refractivity contribution is 4.98. The minimum atomic E-state index is 0.860. The van der Waals surface area contributed by atoms with Crippen molar-refractivity contribution in [3.8, 4) is 0 Å². The lowest BCUT2D eigenvalue weighted by molar-refractivity contribution is 0.176. The van der Waals surface area contributed by atoms with Crippen molar-refractivity contribution in [2.24, 2.45) is 11.8 Å². The zero-order chi connectivity index (χ0) is 10.3. The summed E-state index contributed by atoms with van der Waals surface area (Å²) in [5.41, 5.74) is 0. The molecule has 2 aliphatic heterocycles. The Morgan fingerprint density at radius 3 is 2.53 bits per heavy atom. The number of nitrogens with one attached hydrogen (secondary N) is 1. The van der Waals surface area contributed by atoms with Crippen LogP contribution in [-0.2, 0) is 0 Å². The van der Waals surface area contributed by atoms with Crippen LogP contribution < -0.4 is 5.32 Å². The van der Waals surface area contributed by atoms with Crippen molar-refractivity contribution in [2.75, 3.05) is 20.1 Å². The third-order valence-corrected chi connectivity index (χ3v) is 4.77. The van der Waals surface area contributed by atoms with E-state index in [0.29, 0.717) is 0 Å². The molecule has 0 radical (unpaired) electrons. The molecule has 1 aliphatic carbocycles. The molecule has 0 aromatic rings. The van der Waals surface area contributed by atoms with E-state index in [0.717, 1.165) is 23.9 Å². The summed E-state index contributed by atoms with van der Waals surface area (Å²) in [4.78, 5) is 2.59. The molecule has 1 N–H and O–H groups in total. The number of hydrogen-bond donors (Lipinski definition) is 1. The second kappa shape index (κ2) is 4.06. The number of nitrogens with zero attached hydrogens (tertiary/aromatic N) is 1. The number of hydrogen-bond acceptors (Lipinski definition) is 2. The molecule has 0 aromatic heterocycles. The van der Waals surface area contributed by atoms with E-state index in [1.54, 1.807) is 0 Å². The summed E-state index contributed by atoms with van der Waals surface area (Å²) in [6.45, 7) is 2.69. The normalized spacial score (nSPS) is 40.0. The van der Waals surface area contributed by atoms with Gasteiger partial charge in [0, 0.05) is 25.2 Å². The van der Waals surface area contributed by atoms with E-state index < -0.39 is 0 Å². The quantitative estimate of drug-likeness (QED) is 0.758. The fourth-order valence-corrected chi connectivity index (χ4v) is 3.73. The van der Waals surface area contributed by atoms with E-state index in [4.69, 9.17) is 0 Å². The highest BCUT2D eigenvalue weighted by Crippen LogP contribution is 2.34. The Morgan fingerprint density at radius 1 is 1.13 bits per heavy atom. The maximum Gasteiger partial charge on any atom is 0.0111 e. The molecular weight excluding hydrogens is 184 g/mol.